The van der Waals surface area contributed by atoms with Crippen molar-refractivity contribution < 1.29 is 9.53 Å². The van der Waals surface area contributed by atoms with E-state index in [1.165, 1.54) is 11.1 Å². The number of hydrogen-bond acceptors (Lipinski definition) is 2. The quantitative estimate of drug-likeness (QED) is 0.827. The second-order valence-corrected chi connectivity index (χ2v) is 6.90. The van der Waals surface area contributed by atoms with Gasteiger partial charge in [-0.1, -0.05) is 29.8 Å². The van der Waals surface area contributed by atoms with Crippen LogP contribution in [-0.4, -0.2) is 11.5 Å². The Labute approximate surface area is 137 Å². The molecule has 2 aromatic rings. The van der Waals surface area contributed by atoms with E-state index in [-0.39, 0.29) is 5.91 Å². The average molecular weight is 309 g/mol. The van der Waals surface area contributed by atoms with E-state index in [2.05, 4.69) is 32.0 Å². The molecule has 0 unspecified atom stereocenters. The molecule has 1 aliphatic heterocycles. The van der Waals surface area contributed by atoms with Gasteiger partial charge in [0.05, 0.1) is 12.2 Å². The van der Waals surface area contributed by atoms with Crippen LogP contribution in [0.15, 0.2) is 36.4 Å². The SMILES string of the molecule is Cc1ccc(CN2C(=O)C(C)(C)Oc3ccc(C)cc32)c(C)c1. The number of fused-ring (bicyclic) bond motifs is 1. The number of rotatable bonds is 2. The van der Waals surface area contributed by atoms with Gasteiger partial charge >= 0.3 is 0 Å². The number of carbonyl (C=O) groups excluding carboxylic acids is 1. The smallest absolute Gasteiger partial charge is 0.271 e. The number of amides is 1. The van der Waals surface area contributed by atoms with Gasteiger partial charge in [0.1, 0.15) is 5.75 Å². The predicted molar refractivity (Wildman–Crippen MR) is 93.0 cm³/mol. The Morgan fingerprint density at radius 1 is 1.00 bits per heavy atom. The minimum Gasteiger partial charge on any atom is -0.476 e. The Hall–Kier alpha value is -2.29. The molecule has 1 heterocycles. The monoisotopic (exact) mass is 309 g/mol. The first kappa shape index (κ1) is 15.6. The molecule has 0 spiro atoms. The number of ether oxygens (including phenoxy) is 1. The Morgan fingerprint density at radius 3 is 2.35 bits per heavy atom. The standard InChI is InChI=1S/C20H23NO2/c1-13-6-8-16(15(3)10-13)12-21-17-11-14(2)7-9-18(17)23-20(4,5)19(21)22/h6-11H,12H2,1-5H3. The first-order chi connectivity index (χ1) is 10.8. The second kappa shape index (κ2) is 5.41. The van der Waals surface area contributed by atoms with Crippen LogP contribution in [0.25, 0.3) is 0 Å². The summed E-state index contributed by atoms with van der Waals surface area (Å²) in [6.45, 7) is 10.4. The van der Waals surface area contributed by atoms with Gasteiger partial charge in [-0.3, -0.25) is 4.79 Å². The fourth-order valence-corrected chi connectivity index (χ4v) is 3.03. The summed E-state index contributed by atoms with van der Waals surface area (Å²) >= 11 is 0. The Balaban J connectivity index is 2.06. The molecule has 3 heteroatoms. The van der Waals surface area contributed by atoms with Gasteiger partial charge in [-0.15, -0.1) is 0 Å². The van der Waals surface area contributed by atoms with Gasteiger partial charge in [-0.05, 0) is 63.4 Å². The number of carbonyl (C=O) groups is 1. The molecule has 0 aromatic heterocycles. The van der Waals surface area contributed by atoms with Gasteiger partial charge in [0.15, 0.2) is 5.60 Å². The van der Waals surface area contributed by atoms with E-state index >= 15 is 0 Å². The van der Waals surface area contributed by atoms with E-state index in [0.717, 1.165) is 22.6 Å². The Bertz CT molecular complexity index is 777. The van der Waals surface area contributed by atoms with Crippen molar-refractivity contribution in [3.63, 3.8) is 0 Å². The van der Waals surface area contributed by atoms with Gasteiger partial charge < -0.3 is 9.64 Å². The number of benzene rings is 2. The van der Waals surface area contributed by atoms with Gasteiger partial charge in [-0.2, -0.15) is 0 Å². The molecule has 0 saturated heterocycles. The van der Waals surface area contributed by atoms with Crippen molar-refractivity contribution in [1.29, 1.82) is 0 Å². The third-order valence-electron chi connectivity index (χ3n) is 4.36. The zero-order chi connectivity index (χ0) is 16.8. The van der Waals surface area contributed by atoms with Crippen LogP contribution in [0.3, 0.4) is 0 Å². The molecule has 1 aliphatic rings. The molecule has 0 radical (unpaired) electrons. The highest BCUT2D eigenvalue weighted by Crippen LogP contribution is 2.39. The number of anilines is 1. The van der Waals surface area contributed by atoms with Crippen LogP contribution in [-0.2, 0) is 11.3 Å². The van der Waals surface area contributed by atoms with Gasteiger partial charge in [0.2, 0.25) is 0 Å². The zero-order valence-electron chi connectivity index (χ0n) is 14.4. The van der Waals surface area contributed by atoms with E-state index in [4.69, 9.17) is 4.74 Å². The van der Waals surface area contributed by atoms with E-state index in [1.54, 1.807) is 0 Å². The Morgan fingerprint density at radius 2 is 1.65 bits per heavy atom. The highest BCUT2D eigenvalue weighted by molar-refractivity contribution is 6.02. The Kier molecular flexibility index (Phi) is 3.67. The van der Waals surface area contributed by atoms with E-state index in [9.17, 15) is 4.79 Å². The summed E-state index contributed by atoms with van der Waals surface area (Å²) in [6, 6.07) is 12.3. The lowest BCUT2D eigenvalue weighted by Crippen LogP contribution is -2.52. The second-order valence-electron chi connectivity index (χ2n) is 6.90. The number of nitrogens with zero attached hydrogens (tertiary/aromatic N) is 1. The lowest BCUT2D eigenvalue weighted by Gasteiger charge is -2.39. The minimum absolute atomic E-state index is 0.00410. The molecule has 0 N–H and O–H groups in total. The van der Waals surface area contributed by atoms with Gasteiger partial charge in [0, 0.05) is 0 Å². The number of hydrogen-bond donors (Lipinski definition) is 0. The first-order valence-corrected chi connectivity index (χ1v) is 7.96. The summed E-state index contributed by atoms with van der Waals surface area (Å²) in [6.07, 6.45) is 0. The average Bonchev–Trinajstić information content (AvgIpc) is 2.47. The van der Waals surface area contributed by atoms with Crippen LogP contribution in [0, 0.1) is 20.8 Å². The lowest BCUT2D eigenvalue weighted by atomic mass is 10.00. The summed E-state index contributed by atoms with van der Waals surface area (Å²) in [5, 5.41) is 0. The highest BCUT2D eigenvalue weighted by Gasteiger charge is 2.40. The molecular formula is C20H23NO2. The molecular weight excluding hydrogens is 286 g/mol. The third-order valence-corrected chi connectivity index (χ3v) is 4.36. The van der Waals surface area contributed by atoms with Crippen molar-refractivity contribution in [2.24, 2.45) is 0 Å². The predicted octanol–water partition coefficient (Wildman–Crippen LogP) is 4.32. The van der Waals surface area contributed by atoms with Crippen LogP contribution in [0.2, 0.25) is 0 Å². The van der Waals surface area contributed by atoms with E-state index in [0.29, 0.717) is 6.54 Å². The molecule has 23 heavy (non-hydrogen) atoms. The summed E-state index contributed by atoms with van der Waals surface area (Å²) < 4.78 is 5.91. The summed E-state index contributed by atoms with van der Waals surface area (Å²) in [5.41, 5.74) is 4.72. The fraction of sp³-hybridized carbons (Fsp3) is 0.350. The van der Waals surface area contributed by atoms with Crippen LogP contribution in [0.1, 0.15) is 36.1 Å². The van der Waals surface area contributed by atoms with Crippen LogP contribution in [0.5, 0.6) is 5.75 Å². The molecule has 1 amide bonds. The zero-order valence-corrected chi connectivity index (χ0v) is 14.4. The maximum atomic E-state index is 12.9. The van der Waals surface area contributed by atoms with Crippen LogP contribution in [0.4, 0.5) is 5.69 Å². The van der Waals surface area contributed by atoms with Crippen molar-refractivity contribution in [3.05, 3.63) is 58.7 Å². The molecule has 0 atom stereocenters. The topological polar surface area (TPSA) is 29.5 Å². The van der Waals surface area contributed by atoms with Crippen molar-refractivity contribution in [2.75, 3.05) is 4.90 Å². The summed E-state index contributed by atoms with van der Waals surface area (Å²) in [7, 11) is 0. The fourth-order valence-electron chi connectivity index (χ4n) is 3.03. The normalized spacial score (nSPS) is 16.0. The van der Waals surface area contributed by atoms with Crippen LogP contribution >= 0.6 is 0 Å². The summed E-state index contributed by atoms with van der Waals surface area (Å²) in [5.74, 6) is 0.764. The molecule has 3 rings (SSSR count). The molecule has 120 valence electrons. The highest BCUT2D eigenvalue weighted by atomic mass is 16.5. The third kappa shape index (κ3) is 2.83. The maximum absolute atomic E-state index is 12.9. The number of aryl methyl sites for hydroxylation is 3. The first-order valence-electron chi connectivity index (χ1n) is 7.96. The lowest BCUT2D eigenvalue weighted by molar-refractivity contribution is -0.132. The maximum Gasteiger partial charge on any atom is 0.271 e. The molecule has 0 bridgehead atoms. The van der Waals surface area contributed by atoms with E-state index in [1.807, 2.05) is 43.9 Å². The van der Waals surface area contributed by atoms with E-state index < -0.39 is 5.60 Å². The van der Waals surface area contributed by atoms with Gasteiger partial charge in [0.25, 0.3) is 5.91 Å². The molecule has 0 aliphatic carbocycles. The minimum atomic E-state index is -0.846. The van der Waals surface area contributed by atoms with Crippen LogP contribution < -0.4 is 9.64 Å². The van der Waals surface area contributed by atoms with Crippen molar-refractivity contribution in [1.82, 2.24) is 0 Å². The van der Waals surface area contributed by atoms with Crippen molar-refractivity contribution in [3.8, 4) is 5.75 Å². The molecule has 2 aromatic carbocycles. The molecule has 0 saturated carbocycles. The van der Waals surface area contributed by atoms with Crippen molar-refractivity contribution >= 4 is 11.6 Å². The molecule has 3 nitrogen and oxygen atoms in total. The van der Waals surface area contributed by atoms with Crippen molar-refractivity contribution in [2.45, 2.75) is 46.8 Å². The largest absolute Gasteiger partial charge is 0.476 e. The van der Waals surface area contributed by atoms with Gasteiger partial charge in [-0.25, -0.2) is 0 Å². The summed E-state index contributed by atoms with van der Waals surface area (Å²) in [4.78, 5) is 14.8. The molecule has 0 fully saturated rings.